The van der Waals surface area contributed by atoms with Crippen molar-refractivity contribution in [1.82, 2.24) is 9.80 Å². The van der Waals surface area contributed by atoms with Crippen LogP contribution in [0.2, 0.25) is 0 Å². The van der Waals surface area contributed by atoms with Crippen LogP contribution in [0.3, 0.4) is 0 Å². The predicted octanol–water partition coefficient (Wildman–Crippen LogP) is 2.98. The number of anilines is 1. The van der Waals surface area contributed by atoms with Gasteiger partial charge in [-0.25, -0.2) is 4.99 Å². The molecular weight excluding hydrogens is 320 g/mol. The molecule has 126 valence electrons. The Kier molecular flexibility index (Phi) is 4.85. The minimum atomic E-state index is 0.725. The van der Waals surface area contributed by atoms with Crippen LogP contribution in [0.4, 0.5) is 5.00 Å². The third-order valence-corrected chi connectivity index (χ3v) is 5.07. The monoisotopic (exact) mass is 342 g/mol. The molecule has 0 radical (unpaired) electrons. The van der Waals surface area contributed by atoms with Crippen molar-refractivity contribution in [1.29, 1.82) is 0 Å². The number of hydrogen-bond donors (Lipinski definition) is 1. The molecule has 0 aliphatic carbocycles. The minimum absolute atomic E-state index is 0.725. The van der Waals surface area contributed by atoms with E-state index in [9.17, 15) is 4.79 Å². The molecule has 5 nitrogen and oxygen atoms in total. The van der Waals surface area contributed by atoms with E-state index >= 15 is 0 Å². The number of carbonyl (C=O) groups is 1. The quantitative estimate of drug-likeness (QED) is 0.841. The number of hydrogen-bond acceptors (Lipinski definition) is 5. The summed E-state index contributed by atoms with van der Waals surface area (Å²) in [6.07, 6.45) is 6.84. The van der Waals surface area contributed by atoms with E-state index in [0.29, 0.717) is 0 Å². The summed E-state index contributed by atoms with van der Waals surface area (Å²) in [5.74, 6) is 0.960. The predicted molar refractivity (Wildman–Crippen MR) is 100 cm³/mol. The molecule has 3 rings (SSSR count). The van der Waals surface area contributed by atoms with Crippen LogP contribution in [-0.2, 0) is 4.79 Å². The highest BCUT2D eigenvalue weighted by molar-refractivity contribution is 7.16. The Morgan fingerprint density at radius 1 is 1.33 bits per heavy atom. The van der Waals surface area contributed by atoms with E-state index in [-0.39, 0.29) is 0 Å². The second kappa shape index (κ2) is 7.05. The molecule has 0 saturated carbocycles. The fourth-order valence-electron chi connectivity index (χ4n) is 2.82. The van der Waals surface area contributed by atoms with Crippen molar-refractivity contribution in [2.24, 2.45) is 4.99 Å². The number of piperazine rings is 1. The Balaban J connectivity index is 2.01. The summed E-state index contributed by atoms with van der Waals surface area (Å²) in [5, 5.41) is 4.49. The normalized spacial score (nSPS) is 20.0. The van der Waals surface area contributed by atoms with Crippen LogP contribution in [0, 0.1) is 6.92 Å². The van der Waals surface area contributed by atoms with Gasteiger partial charge in [0.1, 0.15) is 10.8 Å². The zero-order chi connectivity index (χ0) is 17.1. The Morgan fingerprint density at radius 2 is 2.08 bits per heavy atom. The summed E-state index contributed by atoms with van der Waals surface area (Å²) >= 11 is 1.71. The molecular formula is C18H22N4OS. The first-order chi connectivity index (χ1) is 11.6. The van der Waals surface area contributed by atoms with Gasteiger partial charge in [-0.2, -0.15) is 0 Å². The van der Waals surface area contributed by atoms with Crippen LogP contribution in [0.25, 0.3) is 0 Å². The van der Waals surface area contributed by atoms with Crippen molar-refractivity contribution < 1.29 is 4.79 Å². The van der Waals surface area contributed by atoms with Crippen LogP contribution in [-0.4, -0.2) is 48.2 Å². The SMILES string of the molecule is C=C1Nc2sc(C)cc2C(N2CCN(C=O)CC2)=N/C1=C/C=C\C. The van der Waals surface area contributed by atoms with E-state index in [1.165, 1.54) is 4.88 Å². The van der Waals surface area contributed by atoms with Gasteiger partial charge in [0.15, 0.2) is 0 Å². The lowest BCUT2D eigenvalue weighted by Gasteiger charge is -2.34. The van der Waals surface area contributed by atoms with Gasteiger partial charge in [0, 0.05) is 31.1 Å². The molecule has 6 heteroatoms. The van der Waals surface area contributed by atoms with E-state index in [1.54, 1.807) is 16.2 Å². The van der Waals surface area contributed by atoms with E-state index in [1.807, 2.05) is 25.2 Å². The zero-order valence-corrected chi connectivity index (χ0v) is 14.9. The maximum absolute atomic E-state index is 11.0. The number of amidine groups is 1. The van der Waals surface area contributed by atoms with Crippen LogP contribution < -0.4 is 5.32 Å². The average molecular weight is 342 g/mol. The summed E-state index contributed by atoms with van der Waals surface area (Å²) in [5.41, 5.74) is 2.75. The van der Waals surface area contributed by atoms with Crippen LogP contribution in [0.1, 0.15) is 17.4 Å². The fourth-order valence-corrected chi connectivity index (χ4v) is 3.75. The average Bonchev–Trinajstić information content (AvgIpc) is 2.89. The first-order valence-electron chi connectivity index (χ1n) is 8.05. The maximum atomic E-state index is 11.0. The van der Waals surface area contributed by atoms with Crippen molar-refractivity contribution in [3.8, 4) is 0 Å². The number of rotatable bonds is 2. The van der Waals surface area contributed by atoms with Crippen molar-refractivity contribution in [3.05, 3.63) is 52.7 Å². The Labute approximate surface area is 146 Å². The highest BCUT2D eigenvalue weighted by Gasteiger charge is 2.26. The zero-order valence-electron chi connectivity index (χ0n) is 14.1. The van der Waals surface area contributed by atoms with Crippen molar-refractivity contribution >= 4 is 28.6 Å². The van der Waals surface area contributed by atoms with Crippen molar-refractivity contribution in [2.75, 3.05) is 31.5 Å². The smallest absolute Gasteiger partial charge is 0.209 e. The number of aliphatic imine (C=N–C) groups is 1. The molecule has 1 aromatic heterocycles. The number of aryl methyl sites for hydroxylation is 1. The lowest BCUT2D eigenvalue weighted by molar-refractivity contribution is -0.119. The highest BCUT2D eigenvalue weighted by Crippen LogP contribution is 2.34. The minimum Gasteiger partial charge on any atom is -0.352 e. The van der Waals surface area contributed by atoms with Gasteiger partial charge in [0.05, 0.1) is 17.0 Å². The number of nitrogens with zero attached hydrogens (tertiary/aromatic N) is 3. The number of allylic oxidation sites excluding steroid dienone is 3. The molecule has 2 aliphatic rings. The van der Waals surface area contributed by atoms with Gasteiger partial charge in [0.25, 0.3) is 0 Å². The van der Waals surface area contributed by atoms with Gasteiger partial charge in [-0.1, -0.05) is 18.7 Å². The maximum Gasteiger partial charge on any atom is 0.209 e. The summed E-state index contributed by atoms with van der Waals surface area (Å²) in [4.78, 5) is 21.2. The fraction of sp³-hybridized carbons (Fsp3) is 0.333. The van der Waals surface area contributed by atoms with Gasteiger partial charge in [-0.15, -0.1) is 11.3 Å². The molecule has 3 heterocycles. The van der Waals surface area contributed by atoms with Crippen LogP contribution >= 0.6 is 11.3 Å². The van der Waals surface area contributed by atoms with E-state index in [4.69, 9.17) is 4.99 Å². The number of carbonyl (C=O) groups excluding carboxylic acids is 1. The van der Waals surface area contributed by atoms with Crippen molar-refractivity contribution in [3.63, 3.8) is 0 Å². The molecule has 0 atom stereocenters. The van der Waals surface area contributed by atoms with Gasteiger partial charge in [-0.05, 0) is 26.0 Å². The Morgan fingerprint density at radius 3 is 2.75 bits per heavy atom. The van der Waals surface area contributed by atoms with E-state index in [2.05, 4.69) is 29.8 Å². The molecule has 1 saturated heterocycles. The second-order valence-corrected chi connectivity index (χ2v) is 7.10. The number of nitrogens with one attached hydrogen (secondary N) is 1. The van der Waals surface area contributed by atoms with Gasteiger partial charge in [-0.3, -0.25) is 4.79 Å². The standard InChI is InChI=1S/C18H22N4OS/c1-4-5-6-16-14(3)19-18-15(11-13(2)24-18)17(20-16)22-9-7-21(12-23)8-10-22/h4-6,11-12,19H,3,7-10H2,1-2H3/b5-4-,16-6+. The lowest BCUT2D eigenvalue weighted by Crippen LogP contribution is -2.48. The second-order valence-electron chi connectivity index (χ2n) is 5.84. The lowest BCUT2D eigenvalue weighted by atomic mass is 10.2. The highest BCUT2D eigenvalue weighted by atomic mass is 32.1. The number of amides is 1. The van der Waals surface area contributed by atoms with Crippen LogP contribution in [0.5, 0.6) is 0 Å². The molecule has 24 heavy (non-hydrogen) atoms. The largest absolute Gasteiger partial charge is 0.352 e. The molecule has 0 bridgehead atoms. The molecule has 1 aromatic rings. The summed E-state index contributed by atoms with van der Waals surface area (Å²) in [6.45, 7) is 11.2. The summed E-state index contributed by atoms with van der Waals surface area (Å²) in [6, 6.07) is 2.17. The summed E-state index contributed by atoms with van der Waals surface area (Å²) < 4.78 is 0. The topological polar surface area (TPSA) is 47.9 Å². The van der Waals surface area contributed by atoms with E-state index < -0.39 is 0 Å². The van der Waals surface area contributed by atoms with Gasteiger partial charge < -0.3 is 15.1 Å². The molecule has 0 spiro atoms. The molecule has 0 unspecified atom stereocenters. The van der Waals surface area contributed by atoms with Gasteiger partial charge >= 0.3 is 0 Å². The Hall–Kier alpha value is -2.34. The third-order valence-electron chi connectivity index (χ3n) is 4.11. The summed E-state index contributed by atoms with van der Waals surface area (Å²) in [7, 11) is 0. The first-order valence-corrected chi connectivity index (χ1v) is 8.87. The molecule has 2 aliphatic heterocycles. The Bertz CT molecular complexity index is 736. The molecule has 1 N–H and O–H groups in total. The first kappa shape index (κ1) is 16.5. The third kappa shape index (κ3) is 3.28. The molecule has 1 amide bonds. The molecule has 0 aromatic carbocycles. The van der Waals surface area contributed by atoms with Gasteiger partial charge in [0.2, 0.25) is 6.41 Å². The van der Waals surface area contributed by atoms with Crippen molar-refractivity contribution in [2.45, 2.75) is 13.8 Å². The number of fused-ring (bicyclic) bond motifs is 1. The number of thiophene rings is 1. The van der Waals surface area contributed by atoms with E-state index in [0.717, 1.165) is 60.4 Å². The van der Waals surface area contributed by atoms with Crippen LogP contribution in [0.15, 0.2) is 47.3 Å². The molecule has 1 fully saturated rings.